The number of hydrogen-bond donors (Lipinski definition) is 8. The van der Waals surface area contributed by atoms with Gasteiger partial charge < -0.3 is 35.7 Å². The Morgan fingerprint density at radius 3 is 1.20 bits per heavy atom. The second-order valence-electron chi connectivity index (χ2n) is 14.0. The van der Waals surface area contributed by atoms with Gasteiger partial charge in [0.05, 0.1) is 42.7 Å². The minimum atomic E-state index is -5.02. The number of phenolic OH excluding ortho intramolecular Hbond substituents is 6. The third-order valence-corrected chi connectivity index (χ3v) is 14.5. The van der Waals surface area contributed by atoms with Gasteiger partial charge in [-0.05, 0) is 98.5 Å². The Kier molecular flexibility index (Phi) is 9.32. The average molecular weight is 1040 g/mol. The highest BCUT2D eigenvalue weighted by Crippen LogP contribution is 2.61. The fourth-order valence-corrected chi connectivity index (χ4v) is 11.2. The van der Waals surface area contributed by atoms with E-state index in [1.807, 2.05) is 6.92 Å². The van der Waals surface area contributed by atoms with Gasteiger partial charge in [0, 0.05) is 55.9 Å². The van der Waals surface area contributed by atoms with Crippen molar-refractivity contribution in [2.75, 3.05) is 0 Å². The maximum atomic E-state index is 14.9. The molecule has 8 N–H and O–H groups in total. The SMILES string of the molecule is CCC[C@@H](O)Cc1c(Br)c(O)c2c(=O)c3c(O)c(Br)c(O)c4c5c(O)c(Br)c(O)c6c(=O)c7c(O)c(Br)c(C[C@@H](CCC)OS(=O)(=O)O)c8c1c2c(c34)c(c65)c78. The largest absolute Gasteiger partial charge is 0.506 e. The van der Waals surface area contributed by atoms with Crippen LogP contribution in [-0.2, 0) is 27.4 Å². The highest BCUT2D eigenvalue weighted by Gasteiger charge is 2.37. The molecule has 18 heteroatoms. The number of rotatable bonds is 10. The summed E-state index contributed by atoms with van der Waals surface area (Å²) in [6.45, 7) is 3.61. The van der Waals surface area contributed by atoms with Gasteiger partial charge in [-0.25, -0.2) is 4.18 Å². The standard InChI is InChI=1S/C38H28Br4O13S/c1-3-5-9(43)7-11-13-14-12(8-10(6-4-2)55-56(52,53)54)28(40)36(49)24-16(14)18-17-15(13)23(35(48)27(11)39)31(44)25-19(17)21(33(46)29(41)37(25)50)22-20(18)26(32(24)45)38(51)30(42)34(22)47/h9-10,43,46-51H,3-8H2,1-2H3,(H,52,53,54)/t9-,10-/m1/s1. The molecule has 2 atom stereocenters. The molecule has 0 spiro atoms. The van der Waals surface area contributed by atoms with Crippen molar-refractivity contribution >= 4 is 150 Å². The van der Waals surface area contributed by atoms with E-state index in [0.717, 1.165) is 0 Å². The van der Waals surface area contributed by atoms with Crippen LogP contribution in [0.2, 0.25) is 0 Å². The molecule has 0 saturated carbocycles. The number of hydrogen-bond acceptors (Lipinski definition) is 12. The summed E-state index contributed by atoms with van der Waals surface area (Å²) >= 11 is 13.2. The fraction of sp³-hybridized carbons (Fsp3) is 0.263. The Labute approximate surface area is 348 Å². The van der Waals surface area contributed by atoms with Crippen molar-refractivity contribution in [3.8, 4) is 34.5 Å². The van der Waals surface area contributed by atoms with Gasteiger partial charge in [0.15, 0.2) is 0 Å². The van der Waals surface area contributed by atoms with Crippen LogP contribution in [0, 0.1) is 0 Å². The summed E-state index contributed by atoms with van der Waals surface area (Å²) in [5.74, 6) is -3.86. The molecular formula is C38H28Br4O13S. The Balaban J connectivity index is 1.84. The number of benzene rings is 8. The second-order valence-corrected chi connectivity index (χ2v) is 18.2. The number of aromatic hydroxyl groups is 6. The molecule has 56 heavy (non-hydrogen) atoms. The summed E-state index contributed by atoms with van der Waals surface area (Å²) in [5, 5.41) is 80.5. The van der Waals surface area contributed by atoms with Crippen molar-refractivity contribution in [2.24, 2.45) is 0 Å². The third-order valence-electron chi connectivity index (χ3n) is 10.8. The summed E-state index contributed by atoms with van der Waals surface area (Å²) in [6, 6.07) is 0. The third kappa shape index (κ3) is 5.12. The molecule has 0 fully saturated rings. The van der Waals surface area contributed by atoms with Crippen LogP contribution in [0.3, 0.4) is 0 Å². The summed E-state index contributed by atoms with van der Waals surface area (Å²) < 4.78 is 38.3. The lowest BCUT2D eigenvalue weighted by molar-refractivity contribution is 0.164. The first-order chi connectivity index (χ1) is 26.3. The molecule has 0 aromatic heterocycles. The molecule has 8 aromatic rings. The molecule has 0 aliphatic carbocycles. The quantitative estimate of drug-likeness (QED) is 0.0364. The first-order valence-electron chi connectivity index (χ1n) is 17.2. The molecule has 8 aromatic carbocycles. The van der Waals surface area contributed by atoms with E-state index in [4.69, 9.17) is 4.18 Å². The normalized spacial score (nSPS) is 14.1. The number of fused-ring (bicyclic) bond motifs is 2. The van der Waals surface area contributed by atoms with E-state index in [1.54, 1.807) is 6.92 Å². The maximum absolute atomic E-state index is 14.9. The Bertz CT molecular complexity index is 3250. The van der Waals surface area contributed by atoms with Crippen molar-refractivity contribution in [1.82, 2.24) is 0 Å². The van der Waals surface area contributed by atoms with Crippen LogP contribution in [0.1, 0.15) is 50.7 Å². The van der Waals surface area contributed by atoms with Gasteiger partial charge in [-0.3, -0.25) is 14.1 Å². The van der Waals surface area contributed by atoms with Crippen LogP contribution >= 0.6 is 63.7 Å². The predicted octanol–water partition coefficient (Wildman–Crippen LogP) is 8.75. The predicted molar refractivity (Wildman–Crippen MR) is 227 cm³/mol. The van der Waals surface area contributed by atoms with Crippen molar-refractivity contribution in [1.29, 1.82) is 0 Å². The van der Waals surface area contributed by atoms with Crippen molar-refractivity contribution < 1.29 is 52.9 Å². The highest BCUT2D eigenvalue weighted by molar-refractivity contribution is 9.11. The van der Waals surface area contributed by atoms with E-state index >= 15 is 0 Å². The molecule has 0 aliphatic rings. The van der Waals surface area contributed by atoms with E-state index in [0.29, 0.717) is 19.3 Å². The average Bonchev–Trinajstić information content (AvgIpc) is 3.12. The Morgan fingerprint density at radius 1 is 0.500 bits per heavy atom. The van der Waals surface area contributed by atoms with Gasteiger partial charge in [0.1, 0.15) is 43.4 Å². The Morgan fingerprint density at radius 2 is 0.821 bits per heavy atom. The van der Waals surface area contributed by atoms with E-state index in [9.17, 15) is 58.3 Å². The van der Waals surface area contributed by atoms with Crippen molar-refractivity contribution in [3.63, 3.8) is 0 Å². The molecule has 0 unspecified atom stereocenters. The number of halogens is 4. The van der Waals surface area contributed by atoms with Gasteiger partial charge in [0.25, 0.3) is 0 Å². The smallest absolute Gasteiger partial charge is 0.397 e. The second kappa shape index (κ2) is 13.3. The summed E-state index contributed by atoms with van der Waals surface area (Å²) in [6.07, 6.45) is -1.36. The van der Waals surface area contributed by atoms with Gasteiger partial charge in [-0.15, -0.1) is 0 Å². The molecule has 0 bridgehead atoms. The topological polar surface area (TPSA) is 239 Å². The van der Waals surface area contributed by atoms with Crippen LogP contribution in [0.25, 0.3) is 75.4 Å². The van der Waals surface area contributed by atoms with Crippen LogP contribution in [0.5, 0.6) is 34.5 Å². The number of aliphatic hydroxyl groups is 1. The zero-order chi connectivity index (χ0) is 40.8. The lowest BCUT2D eigenvalue weighted by atomic mass is 9.76. The van der Waals surface area contributed by atoms with E-state index < -0.39 is 73.3 Å². The molecule has 0 amide bonds. The zero-order valence-corrected chi connectivity index (χ0v) is 36.1. The van der Waals surface area contributed by atoms with Crippen LogP contribution in [-0.4, -0.2) is 60.9 Å². The lowest BCUT2D eigenvalue weighted by Crippen LogP contribution is -2.21. The van der Waals surface area contributed by atoms with Crippen LogP contribution in [0.15, 0.2) is 27.5 Å². The van der Waals surface area contributed by atoms with E-state index in [1.165, 1.54) is 0 Å². The molecular weight excluding hydrogens is 1020 g/mol. The van der Waals surface area contributed by atoms with Gasteiger partial charge in [-0.2, -0.15) is 8.42 Å². The molecule has 0 radical (unpaired) electrons. The van der Waals surface area contributed by atoms with E-state index in [2.05, 4.69) is 63.7 Å². The van der Waals surface area contributed by atoms with Crippen LogP contribution in [0.4, 0.5) is 0 Å². The van der Waals surface area contributed by atoms with Gasteiger partial charge >= 0.3 is 10.4 Å². The summed E-state index contributed by atoms with van der Waals surface area (Å²) in [4.78, 5) is 29.7. The van der Waals surface area contributed by atoms with Crippen molar-refractivity contribution in [3.05, 3.63) is 49.5 Å². The van der Waals surface area contributed by atoms with E-state index in [-0.39, 0.29) is 118 Å². The summed E-state index contributed by atoms with van der Waals surface area (Å²) in [7, 11) is -5.02. The van der Waals surface area contributed by atoms with Crippen molar-refractivity contribution in [2.45, 2.75) is 64.6 Å². The molecule has 8 rings (SSSR count). The molecule has 0 aliphatic heterocycles. The van der Waals surface area contributed by atoms with Gasteiger partial charge in [-0.1, -0.05) is 26.7 Å². The first-order valence-corrected chi connectivity index (χ1v) is 21.7. The number of aliphatic hydroxyl groups excluding tert-OH is 1. The van der Waals surface area contributed by atoms with Crippen LogP contribution < -0.4 is 10.9 Å². The zero-order valence-electron chi connectivity index (χ0n) is 28.9. The minimum absolute atomic E-state index is 0.0127. The monoisotopic (exact) mass is 1040 g/mol. The molecule has 13 nitrogen and oxygen atoms in total. The highest BCUT2D eigenvalue weighted by atomic mass is 79.9. The molecule has 292 valence electrons. The van der Waals surface area contributed by atoms with Gasteiger partial charge in [0.2, 0.25) is 10.9 Å². The first kappa shape index (κ1) is 39.3. The molecule has 0 saturated heterocycles. The molecule has 0 heterocycles. The minimum Gasteiger partial charge on any atom is -0.506 e. The Hall–Kier alpha value is -3.49. The lowest BCUT2D eigenvalue weighted by Gasteiger charge is -2.28. The fourth-order valence-electron chi connectivity index (χ4n) is 8.78. The number of phenols is 6. The summed E-state index contributed by atoms with van der Waals surface area (Å²) in [5.41, 5.74) is -1.40. The maximum Gasteiger partial charge on any atom is 0.397 e.